The summed E-state index contributed by atoms with van der Waals surface area (Å²) in [7, 11) is 0. The van der Waals surface area contributed by atoms with Crippen molar-refractivity contribution in [3.05, 3.63) is 49.2 Å². The second-order valence-electron chi connectivity index (χ2n) is 4.06. The van der Waals surface area contributed by atoms with Crippen molar-refractivity contribution in [1.82, 2.24) is 10.3 Å². The van der Waals surface area contributed by atoms with Crippen LogP contribution in [0.1, 0.15) is 27.7 Å². The van der Waals surface area contributed by atoms with Crippen LogP contribution >= 0.6 is 38.5 Å². The van der Waals surface area contributed by atoms with Gasteiger partial charge in [0, 0.05) is 8.04 Å². The predicted octanol–water partition coefficient (Wildman–Crippen LogP) is 3.59. The van der Waals surface area contributed by atoms with Crippen molar-refractivity contribution >= 4 is 44.4 Å². The monoisotopic (exact) mass is 434 g/mol. The van der Waals surface area contributed by atoms with E-state index in [1.54, 1.807) is 0 Å². The Bertz CT molecular complexity index is 606. The van der Waals surface area contributed by atoms with Gasteiger partial charge in [0.25, 0.3) is 5.91 Å². The molecule has 100 valence electrons. The Hall–Kier alpha value is -0.890. The van der Waals surface area contributed by atoms with E-state index >= 15 is 0 Å². The zero-order valence-electron chi connectivity index (χ0n) is 10.5. The van der Waals surface area contributed by atoms with Gasteiger partial charge in [-0.1, -0.05) is 0 Å². The van der Waals surface area contributed by atoms with Gasteiger partial charge in [-0.25, -0.2) is 4.98 Å². The molecule has 0 bridgehead atoms. The molecule has 0 unspecified atom stereocenters. The highest BCUT2D eigenvalue weighted by molar-refractivity contribution is 14.1. The Morgan fingerprint density at radius 3 is 2.84 bits per heavy atom. The molecule has 0 spiro atoms. The summed E-state index contributed by atoms with van der Waals surface area (Å²) in [5.41, 5.74) is 1.45. The van der Waals surface area contributed by atoms with Crippen LogP contribution in [-0.2, 0) is 6.54 Å². The normalized spacial score (nSPS) is 10.5. The van der Waals surface area contributed by atoms with E-state index in [1.807, 2.05) is 32.0 Å². The fourth-order valence-corrected chi connectivity index (χ4v) is 2.46. The van der Waals surface area contributed by atoms with Crippen LogP contribution < -0.4 is 5.32 Å². The number of nitrogens with one attached hydrogen (secondary N) is 1. The first-order chi connectivity index (χ1) is 8.97. The number of hydrogen-bond acceptors (Lipinski definition) is 3. The molecule has 2 aromatic rings. The molecule has 0 saturated heterocycles. The number of carbonyl (C=O) groups is 1. The Labute approximate surface area is 133 Å². The summed E-state index contributed by atoms with van der Waals surface area (Å²) in [4.78, 5) is 16.3. The quantitative estimate of drug-likeness (QED) is 0.751. The number of nitrogens with zero attached hydrogens (tertiary/aromatic N) is 1. The third-order valence-electron chi connectivity index (χ3n) is 2.65. The van der Waals surface area contributed by atoms with E-state index in [0.717, 1.165) is 19.5 Å². The van der Waals surface area contributed by atoms with Crippen LogP contribution in [0.3, 0.4) is 0 Å². The zero-order chi connectivity index (χ0) is 14.0. The second-order valence-corrected chi connectivity index (χ2v) is 6.16. The molecule has 6 heteroatoms. The Morgan fingerprint density at radius 1 is 1.47 bits per heavy atom. The molecular formula is C13H12BrIN2O2. The van der Waals surface area contributed by atoms with Crippen LogP contribution in [0.5, 0.6) is 0 Å². The number of amides is 1. The van der Waals surface area contributed by atoms with Crippen LogP contribution in [-0.4, -0.2) is 10.9 Å². The lowest BCUT2D eigenvalue weighted by Crippen LogP contribution is -2.23. The third-order valence-corrected chi connectivity index (χ3v) is 4.01. The Kier molecular flexibility index (Phi) is 4.62. The van der Waals surface area contributed by atoms with Gasteiger partial charge in [-0.15, -0.1) is 0 Å². The molecular weight excluding hydrogens is 423 g/mol. The number of halogens is 2. The number of carbonyl (C=O) groups excluding carboxylic acids is 1. The minimum Gasteiger partial charge on any atom is -0.444 e. The van der Waals surface area contributed by atoms with Crippen LogP contribution in [0.4, 0.5) is 0 Å². The van der Waals surface area contributed by atoms with E-state index in [1.165, 1.54) is 0 Å². The number of hydrogen-bond donors (Lipinski definition) is 1. The first kappa shape index (κ1) is 14.5. The number of rotatable bonds is 3. The molecule has 0 aliphatic carbocycles. The molecule has 1 N–H and O–H groups in total. The van der Waals surface area contributed by atoms with Crippen LogP contribution in [0, 0.1) is 17.4 Å². The molecule has 0 saturated carbocycles. The molecule has 0 aliphatic rings. The Morgan fingerprint density at radius 2 is 2.21 bits per heavy atom. The third kappa shape index (κ3) is 3.56. The van der Waals surface area contributed by atoms with Gasteiger partial charge in [-0.05, 0) is 70.6 Å². The van der Waals surface area contributed by atoms with Gasteiger partial charge < -0.3 is 9.73 Å². The average Bonchev–Trinajstić information content (AvgIpc) is 2.69. The van der Waals surface area contributed by atoms with E-state index in [4.69, 9.17) is 4.42 Å². The maximum atomic E-state index is 12.1. The summed E-state index contributed by atoms with van der Waals surface area (Å²) in [5.74, 6) is 1.14. The van der Waals surface area contributed by atoms with Gasteiger partial charge in [0.1, 0.15) is 5.76 Å². The average molecular weight is 435 g/mol. The molecule has 1 amide bonds. The van der Waals surface area contributed by atoms with E-state index in [2.05, 4.69) is 48.8 Å². The number of oxazole rings is 1. The van der Waals surface area contributed by atoms with Gasteiger partial charge in [-0.3, -0.25) is 4.79 Å². The topological polar surface area (TPSA) is 55.1 Å². The standard InChI is InChI=1S/C13H12BrIN2O2/c1-7-8(2)19-12(17-7)6-16-13(18)10-5-9(15)3-4-11(10)14/h3-5H,6H2,1-2H3,(H,16,18). The maximum absolute atomic E-state index is 12.1. The van der Waals surface area contributed by atoms with E-state index in [0.29, 0.717) is 11.5 Å². The number of aromatic nitrogens is 1. The van der Waals surface area contributed by atoms with Crippen molar-refractivity contribution in [3.8, 4) is 0 Å². The largest absolute Gasteiger partial charge is 0.444 e. The van der Waals surface area contributed by atoms with E-state index in [9.17, 15) is 4.79 Å². The van der Waals surface area contributed by atoms with Crippen molar-refractivity contribution in [2.24, 2.45) is 0 Å². The lowest BCUT2D eigenvalue weighted by Gasteiger charge is -2.05. The molecule has 1 heterocycles. The lowest BCUT2D eigenvalue weighted by atomic mass is 10.2. The van der Waals surface area contributed by atoms with Gasteiger partial charge in [0.15, 0.2) is 0 Å². The SMILES string of the molecule is Cc1nc(CNC(=O)c2cc(I)ccc2Br)oc1C. The van der Waals surface area contributed by atoms with Crippen LogP contribution in [0.2, 0.25) is 0 Å². The van der Waals surface area contributed by atoms with Crippen LogP contribution in [0.25, 0.3) is 0 Å². The minimum atomic E-state index is -0.154. The second kappa shape index (κ2) is 6.04. The summed E-state index contributed by atoms with van der Waals surface area (Å²) in [5, 5.41) is 2.80. The fraction of sp³-hybridized carbons (Fsp3) is 0.231. The predicted molar refractivity (Wildman–Crippen MR) is 84.0 cm³/mol. The molecule has 4 nitrogen and oxygen atoms in total. The van der Waals surface area contributed by atoms with Crippen molar-refractivity contribution < 1.29 is 9.21 Å². The molecule has 1 aromatic carbocycles. The smallest absolute Gasteiger partial charge is 0.252 e. The van der Waals surface area contributed by atoms with Gasteiger partial charge >= 0.3 is 0 Å². The molecule has 0 fully saturated rings. The molecule has 0 aliphatic heterocycles. The summed E-state index contributed by atoms with van der Waals surface area (Å²) in [6, 6.07) is 5.62. The summed E-state index contributed by atoms with van der Waals surface area (Å²) in [6.45, 7) is 4.01. The zero-order valence-corrected chi connectivity index (χ0v) is 14.2. The maximum Gasteiger partial charge on any atom is 0.252 e. The summed E-state index contributed by atoms with van der Waals surface area (Å²) >= 11 is 5.54. The fourth-order valence-electron chi connectivity index (χ4n) is 1.54. The highest BCUT2D eigenvalue weighted by atomic mass is 127. The van der Waals surface area contributed by atoms with Gasteiger partial charge in [0.05, 0.1) is 17.8 Å². The molecule has 0 radical (unpaired) electrons. The van der Waals surface area contributed by atoms with E-state index in [-0.39, 0.29) is 12.5 Å². The number of aryl methyl sites for hydroxylation is 2. The molecule has 2 rings (SSSR count). The first-order valence-electron chi connectivity index (χ1n) is 5.63. The molecule has 0 atom stereocenters. The van der Waals surface area contributed by atoms with Crippen molar-refractivity contribution in [3.63, 3.8) is 0 Å². The minimum absolute atomic E-state index is 0.154. The van der Waals surface area contributed by atoms with Crippen molar-refractivity contribution in [2.75, 3.05) is 0 Å². The van der Waals surface area contributed by atoms with Crippen LogP contribution in [0.15, 0.2) is 27.1 Å². The van der Waals surface area contributed by atoms with E-state index < -0.39 is 0 Å². The lowest BCUT2D eigenvalue weighted by molar-refractivity contribution is 0.0946. The van der Waals surface area contributed by atoms with Gasteiger partial charge in [-0.2, -0.15) is 0 Å². The van der Waals surface area contributed by atoms with Crippen molar-refractivity contribution in [1.29, 1.82) is 0 Å². The number of benzene rings is 1. The summed E-state index contributed by atoms with van der Waals surface area (Å²) < 4.78 is 7.19. The van der Waals surface area contributed by atoms with Crippen molar-refractivity contribution in [2.45, 2.75) is 20.4 Å². The molecule has 1 aromatic heterocycles. The molecule has 19 heavy (non-hydrogen) atoms. The first-order valence-corrected chi connectivity index (χ1v) is 7.50. The summed E-state index contributed by atoms with van der Waals surface area (Å²) in [6.07, 6.45) is 0. The highest BCUT2D eigenvalue weighted by Gasteiger charge is 2.12. The van der Waals surface area contributed by atoms with Gasteiger partial charge in [0.2, 0.25) is 5.89 Å². The highest BCUT2D eigenvalue weighted by Crippen LogP contribution is 2.19. The Balaban J connectivity index is 2.07.